The van der Waals surface area contributed by atoms with Crippen LogP contribution in [0.3, 0.4) is 0 Å². The fourth-order valence-electron chi connectivity index (χ4n) is 2.43. The van der Waals surface area contributed by atoms with Gasteiger partial charge in [-0.15, -0.1) is 0 Å². The molecule has 5 heteroatoms. The molecule has 0 aliphatic carbocycles. The lowest BCUT2D eigenvalue weighted by Crippen LogP contribution is -2.25. The molecular formula is C15H16N2O2S. The van der Waals surface area contributed by atoms with Gasteiger partial charge in [0.05, 0.1) is 4.90 Å². The Hall–Kier alpha value is -1.85. The van der Waals surface area contributed by atoms with Crippen molar-refractivity contribution in [3.63, 3.8) is 0 Å². The molecule has 3 rings (SSSR count). The average molecular weight is 288 g/mol. The zero-order chi connectivity index (χ0) is 14.3. The Morgan fingerprint density at radius 1 is 1.05 bits per heavy atom. The van der Waals surface area contributed by atoms with Crippen LogP contribution in [-0.2, 0) is 23.1 Å². The summed E-state index contributed by atoms with van der Waals surface area (Å²) >= 11 is 0. The van der Waals surface area contributed by atoms with Crippen LogP contribution in [0.5, 0.6) is 0 Å². The van der Waals surface area contributed by atoms with Crippen molar-refractivity contribution in [2.24, 2.45) is 0 Å². The molecule has 0 spiro atoms. The van der Waals surface area contributed by atoms with Crippen molar-refractivity contribution in [2.75, 3.05) is 5.73 Å². The van der Waals surface area contributed by atoms with Gasteiger partial charge in [-0.25, -0.2) is 8.42 Å². The third-order valence-electron chi connectivity index (χ3n) is 3.69. The van der Waals surface area contributed by atoms with Crippen LogP contribution in [0.15, 0.2) is 47.4 Å². The Balaban J connectivity index is 1.96. The molecule has 1 heterocycles. The number of anilines is 1. The largest absolute Gasteiger partial charge is 0.399 e. The van der Waals surface area contributed by atoms with Crippen LogP contribution >= 0.6 is 0 Å². The maximum Gasteiger partial charge on any atom is 0.243 e. The van der Waals surface area contributed by atoms with E-state index in [-0.39, 0.29) is 0 Å². The number of nitrogens with two attached hydrogens (primary N) is 1. The number of hydrogen-bond acceptors (Lipinski definition) is 3. The van der Waals surface area contributed by atoms with Gasteiger partial charge in [0.2, 0.25) is 10.0 Å². The number of benzene rings is 2. The van der Waals surface area contributed by atoms with Gasteiger partial charge in [-0.05, 0) is 41.8 Å². The second-order valence-electron chi connectivity index (χ2n) is 5.06. The summed E-state index contributed by atoms with van der Waals surface area (Å²) in [6.45, 7) is 2.68. The highest BCUT2D eigenvalue weighted by Gasteiger charge is 2.30. The molecule has 0 atom stereocenters. The van der Waals surface area contributed by atoms with Crippen LogP contribution < -0.4 is 5.73 Å². The zero-order valence-corrected chi connectivity index (χ0v) is 12.0. The van der Waals surface area contributed by atoms with Crippen molar-refractivity contribution in [3.05, 3.63) is 59.2 Å². The van der Waals surface area contributed by atoms with E-state index in [9.17, 15) is 8.42 Å². The Kier molecular flexibility index (Phi) is 3.03. The molecule has 1 aliphatic rings. The van der Waals surface area contributed by atoms with E-state index in [4.69, 9.17) is 5.73 Å². The SMILES string of the molecule is Cc1cc(S(=O)(=O)N2Cc3ccccc3C2)ccc1N. The average Bonchev–Trinajstić information content (AvgIpc) is 2.86. The van der Waals surface area contributed by atoms with E-state index in [2.05, 4.69) is 0 Å². The fraction of sp³-hybridized carbons (Fsp3) is 0.200. The lowest BCUT2D eigenvalue weighted by Gasteiger charge is -2.16. The monoisotopic (exact) mass is 288 g/mol. The van der Waals surface area contributed by atoms with Gasteiger partial charge in [0, 0.05) is 18.8 Å². The molecule has 0 radical (unpaired) electrons. The van der Waals surface area contributed by atoms with Gasteiger partial charge in [0.1, 0.15) is 0 Å². The Labute approximate surface area is 118 Å². The maximum atomic E-state index is 12.7. The van der Waals surface area contributed by atoms with Crippen molar-refractivity contribution in [1.82, 2.24) is 4.31 Å². The first-order valence-electron chi connectivity index (χ1n) is 6.41. The lowest BCUT2D eigenvalue weighted by molar-refractivity contribution is 0.431. The molecule has 20 heavy (non-hydrogen) atoms. The molecule has 0 saturated carbocycles. The van der Waals surface area contributed by atoms with Crippen LogP contribution in [0.4, 0.5) is 5.69 Å². The van der Waals surface area contributed by atoms with Crippen molar-refractivity contribution in [1.29, 1.82) is 0 Å². The van der Waals surface area contributed by atoms with Crippen LogP contribution in [0.1, 0.15) is 16.7 Å². The second-order valence-corrected chi connectivity index (χ2v) is 7.00. The third kappa shape index (κ3) is 2.09. The minimum atomic E-state index is -3.47. The molecule has 1 aliphatic heterocycles. The van der Waals surface area contributed by atoms with Crippen molar-refractivity contribution in [3.8, 4) is 0 Å². The number of sulfonamides is 1. The lowest BCUT2D eigenvalue weighted by atomic mass is 10.1. The smallest absolute Gasteiger partial charge is 0.243 e. The van der Waals surface area contributed by atoms with Gasteiger partial charge in [-0.3, -0.25) is 0 Å². The standard InChI is InChI=1S/C15H16N2O2S/c1-11-8-14(6-7-15(11)16)20(18,19)17-9-12-4-2-3-5-13(12)10-17/h2-8H,9-10,16H2,1H3. The van der Waals surface area contributed by atoms with Crippen LogP contribution in [0.2, 0.25) is 0 Å². The van der Waals surface area contributed by atoms with E-state index < -0.39 is 10.0 Å². The Bertz CT molecular complexity index is 744. The summed E-state index contributed by atoms with van der Waals surface area (Å²) in [6.07, 6.45) is 0. The van der Waals surface area contributed by atoms with Gasteiger partial charge < -0.3 is 5.73 Å². The van der Waals surface area contributed by atoms with E-state index in [0.29, 0.717) is 23.7 Å². The molecule has 0 bridgehead atoms. The summed E-state index contributed by atoms with van der Waals surface area (Å²) in [7, 11) is -3.47. The van der Waals surface area contributed by atoms with Crippen LogP contribution in [0, 0.1) is 6.92 Å². The molecule has 4 nitrogen and oxygen atoms in total. The van der Waals surface area contributed by atoms with E-state index in [1.165, 1.54) is 4.31 Å². The van der Waals surface area contributed by atoms with Gasteiger partial charge in [0.25, 0.3) is 0 Å². The fourth-order valence-corrected chi connectivity index (χ4v) is 3.91. The zero-order valence-electron chi connectivity index (χ0n) is 11.2. The quantitative estimate of drug-likeness (QED) is 0.862. The van der Waals surface area contributed by atoms with Gasteiger partial charge in [-0.2, -0.15) is 4.31 Å². The van der Waals surface area contributed by atoms with Gasteiger partial charge in [-0.1, -0.05) is 24.3 Å². The molecule has 0 aromatic heterocycles. The topological polar surface area (TPSA) is 63.4 Å². The first-order valence-corrected chi connectivity index (χ1v) is 7.85. The van der Waals surface area contributed by atoms with Crippen LogP contribution in [0.25, 0.3) is 0 Å². The molecule has 0 unspecified atom stereocenters. The molecule has 2 aromatic rings. The second kappa shape index (κ2) is 4.61. The van der Waals surface area contributed by atoms with E-state index in [1.807, 2.05) is 31.2 Å². The molecule has 0 saturated heterocycles. The molecule has 0 amide bonds. The minimum Gasteiger partial charge on any atom is -0.399 e. The minimum absolute atomic E-state index is 0.303. The van der Waals surface area contributed by atoms with E-state index in [0.717, 1.165) is 16.7 Å². The number of aryl methyl sites for hydroxylation is 1. The number of nitrogens with zero attached hydrogens (tertiary/aromatic N) is 1. The number of fused-ring (bicyclic) bond motifs is 1. The normalized spacial score (nSPS) is 15.2. The number of nitrogen functional groups attached to an aromatic ring is 1. The highest BCUT2D eigenvalue weighted by Crippen LogP contribution is 2.29. The number of hydrogen-bond donors (Lipinski definition) is 1. The van der Waals surface area contributed by atoms with E-state index in [1.54, 1.807) is 18.2 Å². The maximum absolute atomic E-state index is 12.7. The highest BCUT2D eigenvalue weighted by molar-refractivity contribution is 7.89. The summed E-state index contributed by atoms with van der Waals surface area (Å²) in [4.78, 5) is 0.303. The predicted octanol–water partition coefficient (Wildman–Crippen LogP) is 2.28. The summed E-state index contributed by atoms with van der Waals surface area (Å²) in [5.74, 6) is 0. The highest BCUT2D eigenvalue weighted by atomic mass is 32.2. The molecule has 0 fully saturated rings. The summed E-state index contributed by atoms with van der Waals surface area (Å²) in [5.41, 5.74) is 9.28. The van der Waals surface area contributed by atoms with Crippen molar-refractivity contribution >= 4 is 15.7 Å². The summed E-state index contributed by atoms with van der Waals surface area (Å²) in [5, 5.41) is 0. The molecule has 104 valence electrons. The first-order chi connectivity index (χ1) is 9.48. The number of rotatable bonds is 2. The van der Waals surface area contributed by atoms with Crippen molar-refractivity contribution < 1.29 is 8.42 Å². The molecule has 2 aromatic carbocycles. The van der Waals surface area contributed by atoms with Gasteiger partial charge >= 0.3 is 0 Å². The Morgan fingerprint density at radius 3 is 2.20 bits per heavy atom. The van der Waals surface area contributed by atoms with E-state index >= 15 is 0 Å². The summed E-state index contributed by atoms with van der Waals surface area (Å²) in [6, 6.07) is 12.7. The summed E-state index contributed by atoms with van der Waals surface area (Å²) < 4.78 is 26.8. The van der Waals surface area contributed by atoms with Crippen LogP contribution in [-0.4, -0.2) is 12.7 Å². The predicted molar refractivity (Wildman–Crippen MR) is 78.5 cm³/mol. The van der Waals surface area contributed by atoms with Crippen molar-refractivity contribution in [2.45, 2.75) is 24.9 Å². The third-order valence-corrected chi connectivity index (χ3v) is 5.48. The molecular weight excluding hydrogens is 272 g/mol. The Morgan fingerprint density at radius 2 is 1.65 bits per heavy atom. The first kappa shape index (κ1) is 13.1. The molecule has 2 N–H and O–H groups in total. The van der Waals surface area contributed by atoms with Gasteiger partial charge in [0.15, 0.2) is 0 Å².